The monoisotopic (exact) mass is 413 g/mol. The Labute approximate surface area is 171 Å². The third-order valence-corrected chi connectivity index (χ3v) is 4.70. The van der Waals surface area contributed by atoms with Crippen molar-refractivity contribution in [2.75, 3.05) is 18.5 Å². The van der Waals surface area contributed by atoms with Crippen LogP contribution in [0.4, 0.5) is 24.5 Å². The predicted octanol–water partition coefficient (Wildman–Crippen LogP) is 4.88. The first-order valence-corrected chi connectivity index (χ1v) is 9.30. The van der Waals surface area contributed by atoms with Gasteiger partial charge in [0, 0.05) is 17.6 Å². The zero-order chi connectivity index (χ0) is 21.1. The molecule has 3 aromatic rings. The summed E-state index contributed by atoms with van der Waals surface area (Å²) in [5.41, 5.74) is 1.50. The van der Waals surface area contributed by atoms with Crippen LogP contribution in [0.25, 0.3) is 0 Å². The van der Waals surface area contributed by atoms with Crippen LogP contribution in [0.2, 0.25) is 0 Å². The van der Waals surface area contributed by atoms with Crippen LogP contribution in [-0.2, 0) is 12.7 Å². The molecule has 0 aliphatic carbocycles. The molecule has 2 aromatic carbocycles. The van der Waals surface area contributed by atoms with Crippen molar-refractivity contribution in [2.45, 2.75) is 12.7 Å². The van der Waals surface area contributed by atoms with Crippen molar-refractivity contribution in [1.29, 1.82) is 0 Å². The molecule has 0 unspecified atom stereocenters. The first-order chi connectivity index (χ1) is 14.4. The number of nitrogens with one attached hydrogen (secondary N) is 1. The average molecular weight is 413 g/mol. The maximum Gasteiger partial charge on any atom is 0.416 e. The van der Waals surface area contributed by atoms with Gasteiger partial charge in [0.15, 0.2) is 0 Å². The van der Waals surface area contributed by atoms with Crippen molar-refractivity contribution >= 4 is 17.3 Å². The van der Waals surface area contributed by atoms with Crippen LogP contribution in [-0.4, -0.2) is 28.9 Å². The molecule has 1 aliphatic heterocycles. The van der Waals surface area contributed by atoms with Gasteiger partial charge in [-0.1, -0.05) is 6.07 Å². The smallest absolute Gasteiger partial charge is 0.416 e. The van der Waals surface area contributed by atoms with E-state index in [0.717, 1.165) is 17.8 Å². The number of rotatable bonds is 4. The van der Waals surface area contributed by atoms with Crippen LogP contribution in [0, 0.1) is 0 Å². The SMILES string of the molecule is O=C1c2cc(Nc3ccc(C(F)(F)F)cc3)ccc2OCCN1Cc1ccccn1. The van der Waals surface area contributed by atoms with Gasteiger partial charge in [0.2, 0.25) is 0 Å². The highest BCUT2D eigenvalue weighted by molar-refractivity contribution is 5.98. The lowest BCUT2D eigenvalue weighted by atomic mass is 10.1. The lowest BCUT2D eigenvalue weighted by molar-refractivity contribution is -0.137. The van der Waals surface area contributed by atoms with Gasteiger partial charge in [-0.25, -0.2) is 0 Å². The number of amides is 1. The van der Waals surface area contributed by atoms with Crippen molar-refractivity contribution in [3.63, 3.8) is 0 Å². The van der Waals surface area contributed by atoms with Gasteiger partial charge in [-0.2, -0.15) is 13.2 Å². The quantitative estimate of drug-likeness (QED) is 0.663. The summed E-state index contributed by atoms with van der Waals surface area (Å²) in [6.07, 6.45) is -2.71. The standard InChI is InChI=1S/C22H18F3N3O2/c23-22(24,25)15-4-6-16(7-5-15)27-17-8-9-20-19(13-17)21(29)28(11-12-30-20)14-18-3-1-2-10-26-18/h1-10,13,27H,11-12,14H2. The lowest BCUT2D eigenvalue weighted by Gasteiger charge is -2.19. The molecular formula is C22H18F3N3O2. The van der Waals surface area contributed by atoms with E-state index in [0.29, 0.717) is 42.4 Å². The Hall–Kier alpha value is -3.55. The Morgan fingerprint density at radius 2 is 1.80 bits per heavy atom. The Balaban J connectivity index is 1.55. The zero-order valence-electron chi connectivity index (χ0n) is 15.8. The first-order valence-electron chi connectivity index (χ1n) is 9.30. The number of anilines is 2. The molecule has 0 bridgehead atoms. The first kappa shape index (κ1) is 19.8. The number of ether oxygens (including phenoxy) is 1. The minimum Gasteiger partial charge on any atom is -0.491 e. The van der Waals surface area contributed by atoms with Gasteiger partial charge in [-0.05, 0) is 54.6 Å². The Kier molecular flexibility index (Phi) is 5.31. The van der Waals surface area contributed by atoms with Crippen LogP contribution in [0.1, 0.15) is 21.6 Å². The number of hydrogen-bond acceptors (Lipinski definition) is 4. The number of nitrogens with zero attached hydrogens (tertiary/aromatic N) is 2. The van der Waals surface area contributed by atoms with E-state index in [1.54, 1.807) is 29.3 Å². The molecule has 1 N–H and O–H groups in total. The summed E-state index contributed by atoms with van der Waals surface area (Å²) in [7, 11) is 0. The largest absolute Gasteiger partial charge is 0.491 e. The fourth-order valence-corrected chi connectivity index (χ4v) is 3.19. The van der Waals surface area contributed by atoms with Gasteiger partial charge in [-0.15, -0.1) is 0 Å². The topological polar surface area (TPSA) is 54.5 Å². The molecule has 0 saturated carbocycles. The van der Waals surface area contributed by atoms with Crippen molar-refractivity contribution in [1.82, 2.24) is 9.88 Å². The molecule has 5 nitrogen and oxygen atoms in total. The predicted molar refractivity (Wildman–Crippen MR) is 106 cm³/mol. The lowest BCUT2D eigenvalue weighted by Crippen LogP contribution is -2.32. The van der Waals surface area contributed by atoms with Crippen molar-refractivity contribution in [3.8, 4) is 5.75 Å². The molecule has 0 saturated heterocycles. The minimum atomic E-state index is -4.39. The van der Waals surface area contributed by atoms with Crippen LogP contribution in [0.15, 0.2) is 66.9 Å². The number of hydrogen-bond donors (Lipinski definition) is 1. The number of carbonyl (C=O) groups is 1. The third-order valence-electron chi connectivity index (χ3n) is 4.70. The maximum absolute atomic E-state index is 13.1. The number of aromatic nitrogens is 1. The number of pyridine rings is 1. The molecule has 0 fully saturated rings. The summed E-state index contributed by atoms with van der Waals surface area (Å²) in [5, 5.41) is 3.03. The van der Waals surface area contributed by atoms with Crippen LogP contribution in [0.3, 0.4) is 0 Å². The van der Waals surface area contributed by atoms with Crippen LogP contribution < -0.4 is 10.1 Å². The highest BCUT2D eigenvalue weighted by Gasteiger charge is 2.30. The fourth-order valence-electron chi connectivity index (χ4n) is 3.19. The van der Waals surface area contributed by atoms with Gasteiger partial charge in [-0.3, -0.25) is 9.78 Å². The number of alkyl halides is 3. The Morgan fingerprint density at radius 3 is 2.50 bits per heavy atom. The molecule has 1 amide bonds. The summed E-state index contributed by atoms with van der Waals surface area (Å²) in [4.78, 5) is 19.0. The second kappa shape index (κ2) is 8.06. The van der Waals surface area contributed by atoms with Crippen LogP contribution in [0.5, 0.6) is 5.75 Å². The number of halogens is 3. The summed E-state index contributed by atoms with van der Waals surface area (Å²) in [5.74, 6) is 0.283. The van der Waals surface area contributed by atoms with E-state index >= 15 is 0 Å². The van der Waals surface area contributed by atoms with Gasteiger partial charge in [0.1, 0.15) is 12.4 Å². The number of fused-ring (bicyclic) bond motifs is 1. The van der Waals surface area contributed by atoms with E-state index in [9.17, 15) is 18.0 Å². The number of benzene rings is 2. The average Bonchev–Trinajstić information content (AvgIpc) is 2.88. The Bertz CT molecular complexity index is 1040. The van der Waals surface area contributed by atoms with Gasteiger partial charge < -0.3 is 15.0 Å². The van der Waals surface area contributed by atoms with Crippen molar-refractivity contribution in [2.24, 2.45) is 0 Å². The van der Waals surface area contributed by atoms with E-state index in [2.05, 4.69) is 10.3 Å². The molecule has 2 heterocycles. The highest BCUT2D eigenvalue weighted by Crippen LogP contribution is 2.32. The third kappa shape index (κ3) is 4.37. The molecule has 154 valence electrons. The summed E-state index contributed by atoms with van der Waals surface area (Å²) in [6.45, 7) is 1.14. The minimum absolute atomic E-state index is 0.191. The molecule has 8 heteroatoms. The van der Waals surface area contributed by atoms with Crippen molar-refractivity contribution < 1.29 is 22.7 Å². The number of carbonyl (C=O) groups excluding carboxylic acids is 1. The van der Waals surface area contributed by atoms with E-state index in [1.807, 2.05) is 18.2 Å². The second-order valence-corrected chi connectivity index (χ2v) is 6.81. The molecule has 1 aromatic heterocycles. The molecule has 0 radical (unpaired) electrons. The van der Waals surface area contributed by atoms with Crippen LogP contribution >= 0.6 is 0 Å². The van der Waals surface area contributed by atoms with Gasteiger partial charge in [0.05, 0.1) is 29.9 Å². The van der Waals surface area contributed by atoms with E-state index in [4.69, 9.17) is 4.74 Å². The Morgan fingerprint density at radius 1 is 1.03 bits per heavy atom. The van der Waals surface area contributed by atoms with Crippen molar-refractivity contribution in [3.05, 3.63) is 83.7 Å². The summed E-state index contributed by atoms with van der Waals surface area (Å²) >= 11 is 0. The highest BCUT2D eigenvalue weighted by atomic mass is 19.4. The molecular weight excluding hydrogens is 395 g/mol. The van der Waals surface area contributed by atoms with E-state index < -0.39 is 11.7 Å². The van der Waals surface area contributed by atoms with Gasteiger partial charge in [0.25, 0.3) is 5.91 Å². The second-order valence-electron chi connectivity index (χ2n) is 6.81. The van der Waals surface area contributed by atoms with E-state index in [-0.39, 0.29) is 5.91 Å². The summed E-state index contributed by atoms with van der Waals surface area (Å²) < 4.78 is 43.9. The van der Waals surface area contributed by atoms with Gasteiger partial charge >= 0.3 is 6.18 Å². The zero-order valence-corrected chi connectivity index (χ0v) is 15.8. The van der Waals surface area contributed by atoms with E-state index in [1.165, 1.54) is 12.1 Å². The molecule has 0 spiro atoms. The summed E-state index contributed by atoms with van der Waals surface area (Å²) in [6, 6.07) is 15.3. The molecule has 1 aliphatic rings. The molecule has 4 rings (SSSR count). The molecule has 0 atom stereocenters. The normalized spacial score (nSPS) is 14.0. The maximum atomic E-state index is 13.1. The molecule has 30 heavy (non-hydrogen) atoms. The fraction of sp³-hybridized carbons (Fsp3) is 0.182.